The lowest BCUT2D eigenvalue weighted by atomic mass is 10.2. The minimum absolute atomic E-state index is 0.401. The molecule has 1 rings (SSSR count). The van der Waals surface area contributed by atoms with Gasteiger partial charge in [-0.15, -0.1) is 0 Å². The van der Waals surface area contributed by atoms with Crippen LogP contribution in [0.3, 0.4) is 0 Å². The summed E-state index contributed by atoms with van der Waals surface area (Å²) in [5, 5.41) is 12.1. The van der Waals surface area contributed by atoms with Gasteiger partial charge < -0.3 is 19.9 Å². The number of benzene rings is 1. The molecule has 116 valence electrons. The quantitative estimate of drug-likeness (QED) is 0.684. The number of carbonyl (C=O) groups is 1. The average Bonchev–Trinajstić information content (AvgIpc) is 2.46. The van der Waals surface area contributed by atoms with E-state index in [-0.39, 0.29) is 0 Å². The van der Waals surface area contributed by atoms with Crippen molar-refractivity contribution in [2.75, 3.05) is 25.1 Å². The van der Waals surface area contributed by atoms with E-state index in [4.69, 9.17) is 14.6 Å². The molecule has 0 radical (unpaired) electrons. The van der Waals surface area contributed by atoms with Crippen molar-refractivity contribution in [2.24, 2.45) is 0 Å². The van der Waals surface area contributed by atoms with Crippen LogP contribution in [0.15, 0.2) is 29.8 Å². The summed E-state index contributed by atoms with van der Waals surface area (Å²) in [6, 6.07) is 5.58. The minimum atomic E-state index is -0.874. The summed E-state index contributed by atoms with van der Waals surface area (Å²) in [5.74, 6) is 0.517. The van der Waals surface area contributed by atoms with Crippen molar-refractivity contribution >= 4 is 11.7 Å². The van der Waals surface area contributed by atoms with Crippen LogP contribution in [0.5, 0.6) is 11.5 Å². The van der Waals surface area contributed by atoms with E-state index in [0.717, 1.165) is 5.69 Å². The number of hydrogen-bond acceptors (Lipinski definition) is 4. The third-order valence-electron chi connectivity index (χ3n) is 2.85. The molecule has 0 unspecified atom stereocenters. The highest BCUT2D eigenvalue weighted by molar-refractivity contribution is 5.86. The first-order valence-electron chi connectivity index (χ1n) is 7.18. The molecule has 0 saturated heterocycles. The van der Waals surface area contributed by atoms with Gasteiger partial charge in [-0.05, 0) is 32.4 Å². The summed E-state index contributed by atoms with van der Waals surface area (Å²) in [5.41, 5.74) is 1.26. The highest BCUT2D eigenvalue weighted by Gasteiger charge is 2.06. The maximum Gasteiger partial charge on any atom is 0.331 e. The molecule has 0 heterocycles. The van der Waals surface area contributed by atoms with Crippen LogP contribution in [0, 0.1) is 0 Å². The van der Waals surface area contributed by atoms with Crippen LogP contribution in [0.4, 0.5) is 5.69 Å². The average molecular weight is 293 g/mol. The minimum Gasteiger partial charge on any atom is -0.490 e. The Morgan fingerprint density at radius 1 is 1.19 bits per heavy atom. The lowest BCUT2D eigenvalue weighted by molar-refractivity contribution is -0.132. The highest BCUT2D eigenvalue weighted by Crippen LogP contribution is 2.30. The summed E-state index contributed by atoms with van der Waals surface area (Å²) in [6.07, 6.45) is 2.18. The second-order valence-electron chi connectivity index (χ2n) is 4.30. The van der Waals surface area contributed by atoms with Crippen LogP contribution in [-0.2, 0) is 4.79 Å². The molecule has 0 aliphatic rings. The first-order valence-corrected chi connectivity index (χ1v) is 7.18. The van der Waals surface area contributed by atoms with Crippen molar-refractivity contribution in [3.05, 3.63) is 29.8 Å². The summed E-state index contributed by atoms with van der Waals surface area (Å²) < 4.78 is 11.0. The largest absolute Gasteiger partial charge is 0.490 e. The van der Waals surface area contributed by atoms with Crippen LogP contribution < -0.4 is 14.8 Å². The Morgan fingerprint density at radius 2 is 1.86 bits per heavy atom. The molecule has 0 aromatic heterocycles. The molecule has 0 aliphatic carbocycles. The predicted octanol–water partition coefficient (Wildman–Crippen LogP) is 3.32. The second-order valence-corrected chi connectivity index (χ2v) is 4.30. The molecule has 1 aromatic rings. The summed E-state index contributed by atoms with van der Waals surface area (Å²) >= 11 is 0. The van der Waals surface area contributed by atoms with Crippen LogP contribution >= 0.6 is 0 Å². The van der Waals surface area contributed by atoms with Gasteiger partial charge in [0.15, 0.2) is 11.5 Å². The van der Waals surface area contributed by atoms with Crippen molar-refractivity contribution in [3.8, 4) is 11.5 Å². The number of rotatable bonds is 9. The Kier molecular flexibility index (Phi) is 7.15. The first-order chi connectivity index (χ1) is 10.1. The first kappa shape index (κ1) is 16.9. The molecule has 0 saturated carbocycles. The number of aliphatic carboxylic acids is 1. The lowest BCUT2D eigenvalue weighted by Gasteiger charge is -2.13. The predicted molar refractivity (Wildman–Crippen MR) is 83.3 cm³/mol. The number of carboxylic acids is 1. The number of ether oxygens (including phenoxy) is 2. The maximum atomic E-state index is 10.9. The van der Waals surface area contributed by atoms with Gasteiger partial charge in [-0.2, -0.15) is 0 Å². The van der Waals surface area contributed by atoms with E-state index < -0.39 is 5.97 Å². The van der Waals surface area contributed by atoms with E-state index >= 15 is 0 Å². The van der Waals surface area contributed by atoms with E-state index in [1.165, 1.54) is 0 Å². The van der Waals surface area contributed by atoms with Gasteiger partial charge >= 0.3 is 5.97 Å². The topological polar surface area (TPSA) is 67.8 Å². The Bertz CT molecular complexity index is 497. The van der Waals surface area contributed by atoms with Gasteiger partial charge in [-0.3, -0.25) is 0 Å². The molecule has 21 heavy (non-hydrogen) atoms. The Balaban J connectivity index is 2.75. The van der Waals surface area contributed by atoms with Gasteiger partial charge in [0.05, 0.1) is 13.2 Å². The smallest absolute Gasteiger partial charge is 0.331 e. The molecule has 0 aliphatic heterocycles. The van der Waals surface area contributed by atoms with E-state index in [9.17, 15) is 4.79 Å². The van der Waals surface area contributed by atoms with Gasteiger partial charge in [0.2, 0.25) is 0 Å². The van der Waals surface area contributed by atoms with Gasteiger partial charge in [0.1, 0.15) is 0 Å². The third kappa shape index (κ3) is 5.38. The SMILES string of the molecule is CCOc1ccc(NC/C=C(/CC)C(=O)O)cc1OCC. The normalized spacial score (nSPS) is 11.1. The van der Waals surface area contributed by atoms with Crippen LogP contribution in [-0.4, -0.2) is 30.8 Å². The Labute approximate surface area is 125 Å². The molecule has 0 fully saturated rings. The van der Waals surface area contributed by atoms with Crippen molar-refractivity contribution in [3.63, 3.8) is 0 Å². The molecule has 0 atom stereocenters. The summed E-state index contributed by atoms with van der Waals surface area (Å²) in [6.45, 7) is 7.25. The van der Waals surface area contributed by atoms with E-state index in [2.05, 4.69) is 5.32 Å². The number of carboxylic acid groups (broad SMARTS) is 1. The van der Waals surface area contributed by atoms with Crippen molar-refractivity contribution in [1.82, 2.24) is 0 Å². The molecule has 0 amide bonds. The standard InChI is InChI=1S/C16H23NO4/c1-4-12(16(18)19)9-10-17-13-7-8-14(20-5-2)15(11-13)21-6-3/h7-9,11,17H,4-6,10H2,1-3H3,(H,18,19)/b12-9-. The molecule has 5 heteroatoms. The number of nitrogens with one attached hydrogen (secondary N) is 1. The molecule has 1 aromatic carbocycles. The monoisotopic (exact) mass is 293 g/mol. The zero-order chi connectivity index (χ0) is 15.7. The molecule has 5 nitrogen and oxygen atoms in total. The number of hydrogen-bond donors (Lipinski definition) is 2. The second kappa shape index (κ2) is 8.89. The molecule has 0 spiro atoms. The van der Waals surface area contributed by atoms with Crippen molar-refractivity contribution in [1.29, 1.82) is 0 Å². The van der Waals surface area contributed by atoms with Crippen LogP contribution in [0.25, 0.3) is 0 Å². The van der Waals surface area contributed by atoms with Gasteiger partial charge in [-0.1, -0.05) is 13.0 Å². The van der Waals surface area contributed by atoms with E-state index in [1.807, 2.05) is 39.0 Å². The lowest BCUT2D eigenvalue weighted by Crippen LogP contribution is -2.05. The summed E-state index contributed by atoms with van der Waals surface area (Å²) in [7, 11) is 0. The molecular weight excluding hydrogens is 270 g/mol. The van der Waals surface area contributed by atoms with Crippen LogP contribution in [0.2, 0.25) is 0 Å². The third-order valence-corrected chi connectivity index (χ3v) is 2.85. The molecular formula is C16H23NO4. The van der Waals surface area contributed by atoms with Gasteiger partial charge in [-0.25, -0.2) is 4.79 Å². The zero-order valence-corrected chi connectivity index (χ0v) is 12.8. The fraction of sp³-hybridized carbons (Fsp3) is 0.438. The Morgan fingerprint density at radius 3 is 2.43 bits per heavy atom. The fourth-order valence-electron chi connectivity index (χ4n) is 1.84. The van der Waals surface area contributed by atoms with Crippen molar-refractivity contribution in [2.45, 2.75) is 27.2 Å². The fourth-order valence-corrected chi connectivity index (χ4v) is 1.84. The summed E-state index contributed by atoms with van der Waals surface area (Å²) in [4.78, 5) is 10.9. The van der Waals surface area contributed by atoms with E-state index in [1.54, 1.807) is 6.08 Å². The molecule has 2 N–H and O–H groups in total. The Hall–Kier alpha value is -2.17. The maximum absolute atomic E-state index is 10.9. The van der Waals surface area contributed by atoms with Crippen molar-refractivity contribution < 1.29 is 19.4 Å². The van der Waals surface area contributed by atoms with Gasteiger partial charge in [0, 0.05) is 23.9 Å². The highest BCUT2D eigenvalue weighted by atomic mass is 16.5. The zero-order valence-electron chi connectivity index (χ0n) is 12.8. The van der Waals surface area contributed by atoms with Gasteiger partial charge in [0.25, 0.3) is 0 Å². The van der Waals surface area contributed by atoms with E-state index in [0.29, 0.717) is 43.3 Å². The molecule has 0 bridgehead atoms. The van der Waals surface area contributed by atoms with Crippen LogP contribution in [0.1, 0.15) is 27.2 Å². The number of anilines is 1.